The molecule has 0 unspecified atom stereocenters. The molecule has 0 aromatic rings. The Kier molecular flexibility index (Phi) is 4.91. The molecule has 0 spiro atoms. The molecule has 4 nitrogen and oxygen atoms in total. The summed E-state index contributed by atoms with van der Waals surface area (Å²) in [6, 6.07) is 0. The molecule has 0 radical (unpaired) electrons. The van der Waals surface area contributed by atoms with Gasteiger partial charge in [0.05, 0.1) is 6.16 Å². The minimum absolute atomic E-state index is 0.0139. The van der Waals surface area contributed by atoms with Gasteiger partial charge in [-0.2, -0.15) is 0 Å². The zero-order chi connectivity index (χ0) is 8.04. The first-order valence-electron chi connectivity index (χ1n) is 3.31. The van der Waals surface area contributed by atoms with Gasteiger partial charge < -0.3 is 15.1 Å². The van der Waals surface area contributed by atoms with Gasteiger partial charge in [-0.15, -0.1) is 0 Å². The van der Waals surface area contributed by atoms with E-state index in [4.69, 9.17) is 9.79 Å². The summed E-state index contributed by atoms with van der Waals surface area (Å²) in [6.07, 6.45) is 0.526. The summed E-state index contributed by atoms with van der Waals surface area (Å²) in [6.45, 7) is 3.49. The average Bonchev–Trinajstić information content (AvgIpc) is 1.78. The summed E-state index contributed by atoms with van der Waals surface area (Å²) in [4.78, 5) is 16.8. The van der Waals surface area contributed by atoms with Crippen molar-refractivity contribution in [2.75, 3.05) is 19.3 Å². The lowest BCUT2D eigenvalue weighted by Gasteiger charge is -2.02. The smallest absolute Gasteiger partial charge is 0.324 e. The minimum atomic E-state index is -3.75. The number of rotatable bonds is 5. The maximum Gasteiger partial charge on any atom is 0.325 e. The highest BCUT2D eigenvalue weighted by Crippen LogP contribution is 2.34. The first-order chi connectivity index (χ1) is 4.56. The minimum Gasteiger partial charge on any atom is -0.324 e. The largest absolute Gasteiger partial charge is 0.325 e. The van der Waals surface area contributed by atoms with Crippen LogP contribution < -0.4 is 5.32 Å². The quantitative estimate of drug-likeness (QED) is 0.403. The second-order valence-electron chi connectivity index (χ2n) is 2.10. The van der Waals surface area contributed by atoms with Gasteiger partial charge in [0.15, 0.2) is 0 Å². The molecule has 3 N–H and O–H groups in total. The van der Waals surface area contributed by atoms with Crippen LogP contribution in [0.1, 0.15) is 13.3 Å². The van der Waals surface area contributed by atoms with Crippen LogP contribution >= 0.6 is 7.60 Å². The van der Waals surface area contributed by atoms with Crippen LogP contribution in [-0.2, 0) is 4.57 Å². The van der Waals surface area contributed by atoms with E-state index in [1.807, 2.05) is 6.92 Å². The van der Waals surface area contributed by atoms with E-state index in [1.54, 1.807) is 0 Å². The van der Waals surface area contributed by atoms with Crippen LogP contribution in [0.4, 0.5) is 0 Å². The maximum absolute atomic E-state index is 10.3. The van der Waals surface area contributed by atoms with Crippen LogP contribution in [0.15, 0.2) is 0 Å². The predicted molar refractivity (Wildman–Crippen MR) is 40.1 cm³/mol. The zero-order valence-corrected chi connectivity index (χ0v) is 6.97. The number of hydrogen-bond acceptors (Lipinski definition) is 2. The van der Waals surface area contributed by atoms with Gasteiger partial charge in [0.2, 0.25) is 0 Å². The fourth-order valence-electron chi connectivity index (χ4n) is 0.587. The lowest BCUT2D eigenvalue weighted by atomic mass is 10.5. The lowest BCUT2D eigenvalue weighted by Crippen LogP contribution is -2.14. The van der Waals surface area contributed by atoms with Gasteiger partial charge >= 0.3 is 7.60 Å². The highest BCUT2D eigenvalue weighted by molar-refractivity contribution is 7.51. The number of hydrogen-bond donors (Lipinski definition) is 3. The van der Waals surface area contributed by atoms with Crippen LogP contribution in [0.25, 0.3) is 0 Å². The Balaban J connectivity index is 3.13. The molecule has 0 atom stereocenters. The second-order valence-corrected chi connectivity index (χ2v) is 3.87. The molecule has 5 heteroatoms. The summed E-state index contributed by atoms with van der Waals surface area (Å²) in [5.41, 5.74) is 0. The van der Waals surface area contributed by atoms with Crippen LogP contribution in [0.5, 0.6) is 0 Å². The first-order valence-corrected chi connectivity index (χ1v) is 5.11. The van der Waals surface area contributed by atoms with Crippen molar-refractivity contribution in [2.45, 2.75) is 13.3 Å². The molecule has 0 aliphatic heterocycles. The fourth-order valence-corrected chi connectivity index (χ4v) is 1.16. The summed E-state index contributed by atoms with van der Waals surface area (Å²) in [5.74, 6) is 0. The molecule has 0 saturated carbocycles. The molecule has 0 rings (SSSR count). The van der Waals surface area contributed by atoms with Crippen molar-refractivity contribution in [3.05, 3.63) is 0 Å². The van der Waals surface area contributed by atoms with Crippen molar-refractivity contribution in [2.24, 2.45) is 0 Å². The number of nitrogens with one attached hydrogen (secondary N) is 1. The van der Waals surface area contributed by atoms with E-state index in [0.29, 0.717) is 13.0 Å². The van der Waals surface area contributed by atoms with Crippen molar-refractivity contribution in [3.8, 4) is 0 Å². The van der Waals surface area contributed by atoms with E-state index in [-0.39, 0.29) is 6.16 Å². The van der Waals surface area contributed by atoms with Crippen LogP contribution in [0, 0.1) is 0 Å². The van der Waals surface area contributed by atoms with Gasteiger partial charge in [0, 0.05) is 0 Å². The highest BCUT2D eigenvalue weighted by Gasteiger charge is 2.10. The third-order valence-electron chi connectivity index (χ3n) is 1.05. The molecular formula is C5H14NO3P. The molecule has 0 aliphatic rings. The maximum atomic E-state index is 10.3. The van der Waals surface area contributed by atoms with Crippen LogP contribution in [0.3, 0.4) is 0 Å². The molecule has 0 saturated heterocycles. The van der Waals surface area contributed by atoms with E-state index in [1.165, 1.54) is 0 Å². The van der Waals surface area contributed by atoms with E-state index in [0.717, 1.165) is 6.54 Å². The Morgan fingerprint density at radius 1 is 1.50 bits per heavy atom. The van der Waals surface area contributed by atoms with E-state index in [9.17, 15) is 4.57 Å². The van der Waals surface area contributed by atoms with Crippen LogP contribution in [0.2, 0.25) is 0 Å². The first kappa shape index (κ1) is 10.1. The molecule has 0 fully saturated rings. The third kappa shape index (κ3) is 8.11. The molecule has 0 aromatic heterocycles. The fraction of sp³-hybridized carbons (Fsp3) is 1.00. The molecule has 0 aromatic carbocycles. The lowest BCUT2D eigenvalue weighted by molar-refractivity contribution is 0.371. The van der Waals surface area contributed by atoms with Crippen molar-refractivity contribution >= 4 is 7.60 Å². The van der Waals surface area contributed by atoms with Gasteiger partial charge in [-0.25, -0.2) is 0 Å². The van der Waals surface area contributed by atoms with Gasteiger partial charge in [-0.1, -0.05) is 6.92 Å². The monoisotopic (exact) mass is 167 g/mol. The van der Waals surface area contributed by atoms with Gasteiger partial charge in [-0.3, -0.25) is 4.57 Å². The van der Waals surface area contributed by atoms with E-state index in [2.05, 4.69) is 5.32 Å². The predicted octanol–water partition coefficient (Wildman–Crippen LogP) is 0.164. The second kappa shape index (κ2) is 4.85. The topological polar surface area (TPSA) is 69.6 Å². The Morgan fingerprint density at radius 3 is 2.50 bits per heavy atom. The third-order valence-corrected chi connectivity index (χ3v) is 1.95. The molecule has 0 heterocycles. The summed E-state index contributed by atoms with van der Waals surface area (Å²) < 4.78 is 10.3. The standard InChI is InChI=1S/C5H14NO3P/c1-2-6-4-3-5-10(7,8)9/h6H,2-5H2,1H3,(H2,7,8,9). The van der Waals surface area contributed by atoms with Crippen LogP contribution in [-0.4, -0.2) is 29.0 Å². The van der Waals surface area contributed by atoms with Crippen molar-refractivity contribution in [3.63, 3.8) is 0 Å². The summed E-state index contributed by atoms with van der Waals surface area (Å²) >= 11 is 0. The van der Waals surface area contributed by atoms with E-state index < -0.39 is 7.60 Å². The van der Waals surface area contributed by atoms with Crippen molar-refractivity contribution in [1.29, 1.82) is 0 Å². The molecule has 0 amide bonds. The van der Waals surface area contributed by atoms with Gasteiger partial charge in [0.25, 0.3) is 0 Å². The Morgan fingerprint density at radius 2 is 2.10 bits per heavy atom. The Bertz CT molecular complexity index is 122. The molecular weight excluding hydrogens is 153 g/mol. The zero-order valence-electron chi connectivity index (χ0n) is 6.08. The summed E-state index contributed by atoms with van der Waals surface area (Å²) in [5, 5.41) is 2.98. The van der Waals surface area contributed by atoms with Gasteiger partial charge in [-0.05, 0) is 19.5 Å². The van der Waals surface area contributed by atoms with Crippen molar-refractivity contribution < 1.29 is 14.4 Å². The SMILES string of the molecule is CCNCCCP(=O)(O)O. The normalized spacial score (nSPS) is 11.9. The molecule has 0 bridgehead atoms. The molecule has 62 valence electrons. The highest BCUT2D eigenvalue weighted by atomic mass is 31.2. The van der Waals surface area contributed by atoms with Crippen molar-refractivity contribution in [1.82, 2.24) is 5.32 Å². The Labute approximate surface area is 60.8 Å². The molecule has 10 heavy (non-hydrogen) atoms. The average molecular weight is 167 g/mol. The Hall–Kier alpha value is 0.110. The van der Waals surface area contributed by atoms with E-state index >= 15 is 0 Å². The summed E-state index contributed by atoms with van der Waals surface area (Å²) in [7, 11) is -3.75. The van der Waals surface area contributed by atoms with Gasteiger partial charge in [0.1, 0.15) is 0 Å². The molecule has 0 aliphatic carbocycles.